The van der Waals surface area contributed by atoms with Crippen molar-refractivity contribution in [2.24, 2.45) is 0 Å². The lowest BCUT2D eigenvalue weighted by Crippen LogP contribution is -2.29. The van der Waals surface area contributed by atoms with Crippen LogP contribution < -0.4 is 14.4 Å². The third-order valence-corrected chi connectivity index (χ3v) is 4.25. The van der Waals surface area contributed by atoms with Crippen LogP contribution in [-0.4, -0.2) is 36.0 Å². The molecule has 1 aliphatic heterocycles. The normalized spacial score (nSPS) is 12.9. The highest BCUT2D eigenvalue weighted by Gasteiger charge is 2.36. The summed E-state index contributed by atoms with van der Waals surface area (Å²) >= 11 is 0. The number of nitrogens with zero attached hydrogens (tertiary/aromatic N) is 3. The Balaban J connectivity index is 1.77. The maximum atomic E-state index is 12.7. The summed E-state index contributed by atoms with van der Waals surface area (Å²) in [6.07, 6.45) is 0. The van der Waals surface area contributed by atoms with E-state index >= 15 is 0 Å². The maximum Gasteiger partial charge on any atom is 0.266 e. The van der Waals surface area contributed by atoms with Crippen molar-refractivity contribution in [3.8, 4) is 23.1 Å². The summed E-state index contributed by atoms with van der Waals surface area (Å²) in [6, 6.07) is 15.3. The zero-order chi connectivity index (χ0) is 19.0. The number of hydrogen-bond acceptors (Lipinski definition) is 6. The molecule has 0 fully saturated rings. The molecule has 0 saturated carbocycles. The van der Waals surface area contributed by atoms with Gasteiger partial charge in [-0.3, -0.25) is 9.59 Å². The smallest absolute Gasteiger partial charge is 0.266 e. The summed E-state index contributed by atoms with van der Waals surface area (Å²) < 4.78 is 10.4. The van der Waals surface area contributed by atoms with E-state index in [2.05, 4.69) is 9.97 Å². The highest BCUT2D eigenvalue weighted by molar-refractivity contribution is 6.34. The molecule has 1 aliphatic rings. The number of methoxy groups -OCH3 is 2. The van der Waals surface area contributed by atoms with Gasteiger partial charge in [0.25, 0.3) is 11.8 Å². The van der Waals surface area contributed by atoms with E-state index in [4.69, 9.17) is 9.47 Å². The molecular formula is C20H15N3O4. The van der Waals surface area contributed by atoms with Crippen LogP contribution in [0.4, 0.5) is 5.69 Å². The second-order valence-electron chi connectivity index (χ2n) is 5.82. The van der Waals surface area contributed by atoms with Crippen molar-refractivity contribution in [2.45, 2.75) is 0 Å². The summed E-state index contributed by atoms with van der Waals surface area (Å²) in [7, 11) is 3.00. The van der Waals surface area contributed by atoms with Gasteiger partial charge in [0.1, 0.15) is 0 Å². The third kappa shape index (κ3) is 2.79. The van der Waals surface area contributed by atoms with Crippen molar-refractivity contribution >= 4 is 17.5 Å². The van der Waals surface area contributed by atoms with Crippen molar-refractivity contribution in [1.82, 2.24) is 9.97 Å². The first kappa shape index (κ1) is 16.7. The second-order valence-corrected chi connectivity index (χ2v) is 5.82. The van der Waals surface area contributed by atoms with Crippen molar-refractivity contribution in [2.75, 3.05) is 19.1 Å². The van der Waals surface area contributed by atoms with E-state index in [1.54, 1.807) is 54.6 Å². The quantitative estimate of drug-likeness (QED) is 0.665. The Morgan fingerprint density at radius 3 is 1.93 bits per heavy atom. The number of benzene rings is 2. The number of ether oxygens (including phenoxy) is 2. The topological polar surface area (TPSA) is 81.6 Å². The molecule has 134 valence electrons. The minimum absolute atomic E-state index is 0.350. The standard InChI is InChI=1S/C20H15N3O4/c1-26-16-11-17(27-2)22-18(21-16)12-6-5-7-13(10-12)23-19(24)14-8-3-4-9-15(14)20(23)25/h3-11H,1-2H3. The molecule has 0 radical (unpaired) electrons. The lowest BCUT2D eigenvalue weighted by atomic mass is 10.1. The Bertz CT molecular complexity index is 1010. The highest BCUT2D eigenvalue weighted by atomic mass is 16.5. The molecule has 2 aromatic carbocycles. The SMILES string of the molecule is COc1cc(OC)nc(-c2cccc(N3C(=O)c4ccccc4C3=O)c2)n1. The monoisotopic (exact) mass is 361 g/mol. The van der Waals surface area contributed by atoms with Crippen LogP contribution in [0, 0.1) is 0 Å². The van der Waals surface area contributed by atoms with E-state index in [9.17, 15) is 9.59 Å². The first-order valence-corrected chi connectivity index (χ1v) is 8.17. The highest BCUT2D eigenvalue weighted by Crippen LogP contribution is 2.31. The van der Waals surface area contributed by atoms with Crippen LogP contribution in [0.25, 0.3) is 11.4 Å². The number of fused-ring (bicyclic) bond motifs is 1. The van der Waals surface area contributed by atoms with Crippen LogP contribution in [-0.2, 0) is 0 Å². The van der Waals surface area contributed by atoms with E-state index < -0.39 is 0 Å². The average Bonchev–Trinajstić information content (AvgIpc) is 2.98. The first-order chi connectivity index (χ1) is 13.1. The fraction of sp³-hybridized carbons (Fsp3) is 0.100. The predicted molar refractivity (Wildman–Crippen MR) is 98.2 cm³/mol. The average molecular weight is 361 g/mol. The fourth-order valence-corrected chi connectivity index (χ4v) is 2.95. The zero-order valence-corrected chi connectivity index (χ0v) is 14.7. The largest absolute Gasteiger partial charge is 0.481 e. The molecule has 0 unspecified atom stereocenters. The van der Waals surface area contributed by atoms with Gasteiger partial charge in [-0.05, 0) is 24.3 Å². The molecule has 4 rings (SSSR count). The summed E-state index contributed by atoms with van der Waals surface area (Å²) in [5.74, 6) is 0.365. The van der Waals surface area contributed by atoms with Gasteiger partial charge in [-0.25, -0.2) is 4.90 Å². The summed E-state index contributed by atoms with van der Waals surface area (Å²) in [5.41, 5.74) is 1.87. The van der Waals surface area contributed by atoms with E-state index in [-0.39, 0.29) is 11.8 Å². The number of carbonyl (C=O) groups excluding carboxylic acids is 2. The lowest BCUT2D eigenvalue weighted by Gasteiger charge is -2.15. The Kier molecular flexibility index (Phi) is 4.04. The molecular weight excluding hydrogens is 346 g/mol. The van der Waals surface area contributed by atoms with Gasteiger partial charge >= 0.3 is 0 Å². The summed E-state index contributed by atoms with van der Waals surface area (Å²) in [5, 5.41) is 0. The second kappa shape index (κ2) is 6.53. The van der Waals surface area contributed by atoms with E-state index in [0.717, 1.165) is 4.90 Å². The van der Waals surface area contributed by atoms with Crippen LogP contribution in [0.15, 0.2) is 54.6 Å². The molecule has 2 heterocycles. The molecule has 1 aromatic heterocycles. The Morgan fingerprint density at radius 2 is 1.37 bits per heavy atom. The van der Waals surface area contributed by atoms with Crippen LogP contribution in [0.1, 0.15) is 20.7 Å². The minimum Gasteiger partial charge on any atom is -0.481 e. The van der Waals surface area contributed by atoms with E-state index in [0.29, 0.717) is 40.0 Å². The van der Waals surface area contributed by atoms with Crippen molar-refractivity contribution in [3.05, 3.63) is 65.7 Å². The first-order valence-electron chi connectivity index (χ1n) is 8.17. The van der Waals surface area contributed by atoms with Gasteiger partial charge in [0, 0.05) is 5.56 Å². The maximum absolute atomic E-state index is 12.7. The van der Waals surface area contributed by atoms with Gasteiger partial charge in [0.05, 0.1) is 37.1 Å². The predicted octanol–water partition coefficient (Wildman–Crippen LogP) is 2.96. The number of rotatable bonds is 4. The summed E-state index contributed by atoms with van der Waals surface area (Å²) in [4.78, 5) is 35.2. The van der Waals surface area contributed by atoms with Crippen LogP contribution in [0.2, 0.25) is 0 Å². The van der Waals surface area contributed by atoms with Gasteiger partial charge in [-0.15, -0.1) is 0 Å². The molecule has 2 amide bonds. The molecule has 0 bridgehead atoms. The Labute approximate surface area is 155 Å². The number of amides is 2. The van der Waals surface area contributed by atoms with E-state index in [1.165, 1.54) is 14.2 Å². The lowest BCUT2D eigenvalue weighted by molar-refractivity contribution is 0.0926. The minimum atomic E-state index is -0.350. The molecule has 27 heavy (non-hydrogen) atoms. The van der Waals surface area contributed by atoms with E-state index in [1.807, 2.05) is 0 Å². The number of aromatic nitrogens is 2. The number of hydrogen-bond donors (Lipinski definition) is 0. The third-order valence-electron chi connectivity index (χ3n) is 4.25. The number of carbonyl (C=O) groups is 2. The van der Waals surface area contributed by atoms with Gasteiger partial charge in [0.2, 0.25) is 11.8 Å². The molecule has 7 nitrogen and oxygen atoms in total. The van der Waals surface area contributed by atoms with Crippen LogP contribution in [0.3, 0.4) is 0 Å². The van der Waals surface area contributed by atoms with Crippen molar-refractivity contribution in [3.63, 3.8) is 0 Å². The molecule has 0 saturated heterocycles. The van der Waals surface area contributed by atoms with Crippen LogP contribution in [0.5, 0.6) is 11.8 Å². The van der Waals surface area contributed by atoms with Crippen molar-refractivity contribution < 1.29 is 19.1 Å². The van der Waals surface area contributed by atoms with Crippen molar-refractivity contribution in [1.29, 1.82) is 0 Å². The molecule has 0 N–H and O–H groups in total. The molecule has 7 heteroatoms. The Hall–Kier alpha value is -3.74. The fourth-order valence-electron chi connectivity index (χ4n) is 2.95. The number of anilines is 1. The van der Waals surface area contributed by atoms with Gasteiger partial charge in [0.15, 0.2) is 5.82 Å². The molecule has 0 spiro atoms. The van der Waals surface area contributed by atoms with Gasteiger partial charge in [-0.2, -0.15) is 9.97 Å². The Morgan fingerprint density at radius 1 is 0.778 bits per heavy atom. The number of imide groups is 1. The van der Waals surface area contributed by atoms with Crippen LogP contribution >= 0.6 is 0 Å². The van der Waals surface area contributed by atoms with Gasteiger partial charge < -0.3 is 9.47 Å². The molecule has 0 atom stereocenters. The zero-order valence-electron chi connectivity index (χ0n) is 14.7. The molecule has 0 aliphatic carbocycles. The molecule has 3 aromatic rings. The van der Waals surface area contributed by atoms with Gasteiger partial charge in [-0.1, -0.05) is 24.3 Å². The summed E-state index contributed by atoms with van der Waals surface area (Å²) in [6.45, 7) is 0.